The van der Waals surface area contributed by atoms with Crippen molar-refractivity contribution in [3.8, 4) is 0 Å². The SMILES string of the molecule is CC(=O)N1C(=O)CCC1C(=O)OC(C)(C)C. The van der Waals surface area contributed by atoms with Gasteiger partial charge in [-0.25, -0.2) is 4.79 Å². The monoisotopic (exact) mass is 227 g/mol. The highest BCUT2D eigenvalue weighted by molar-refractivity contribution is 6.01. The Bertz CT molecular complexity index is 329. The molecular weight excluding hydrogens is 210 g/mol. The molecule has 1 unspecified atom stereocenters. The van der Waals surface area contributed by atoms with Gasteiger partial charge in [0, 0.05) is 13.3 Å². The van der Waals surface area contributed by atoms with Crippen LogP contribution in [0.25, 0.3) is 0 Å². The second-order valence-electron chi connectivity index (χ2n) is 4.87. The van der Waals surface area contributed by atoms with Crippen LogP contribution >= 0.6 is 0 Å². The molecule has 5 nitrogen and oxygen atoms in total. The standard InChI is InChI=1S/C11H17NO4/c1-7(13)12-8(5-6-9(12)14)10(15)16-11(2,3)4/h8H,5-6H2,1-4H3. The third kappa shape index (κ3) is 2.81. The van der Waals surface area contributed by atoms with Crippen LogP contribution in [0.1, 0.15) is 40.5 Å². The van der Waals surface area contributed by atoms with Gasteiger partial charge in [0.05, 0.1) is 0 Å². The first-order valence-corrected chi connectivity index (χ1v) is 5.28. The molecule has 1 heterocycles. The Morgan fingerprint density at radius 2 is 1.94 bits per heavy atom. The van der Waals surface area contributed by atoms with Crippen molar-refractivity contribution < 1.29 is 19.1 Å². The Balaban J connectivity index is 2.77. The van der Waals surface area contributed by atoms with E-state index in [0.29, 0.717) is 6.42 Å². The van der Waals surface area contributed by atoms with E-state index < -0.39 is 23.5 Å². The maximum Gasteiger partial charge on any atom is 0.329 e. The van der Waals surface area contributed by atoms with Crippen LogP contribution in [0.2, 0.25) is 0 Å². The summed E-state index contributed by atoms with van der Waals surface area (Å²) in [6.07, 6.45) is 0.580. The van der Waals surface area contributed by atoms with Crippen molar-refractivity contribution in [1.29, 1.82) is 0 Å². The number of amides is 2. The number of nitrogens with zero attached hydrogens (tertiary/aromatic N) is 1. The van der Waals surface area contributed by atoms with Gasteiger partial charge in [-0.1, -0.05) is 0 Å². The van der Waals surface area contributed by atoms with Gasteiger partial charge in [0.25, 0.3) is 0 Å². The summed E-state index contributed by atoms with van der Waals surface area (Å²) >= 11 is 0. The van der Waals surface area contributed by atoms with Gasteiger partial charge in [0.15, 0.2) is 0 Å². The molecule has 16 heavy (non-hydrogen) atoms. The fraction of sp³-hybridized carbons (Fsp3) is 0.727. The number of likely N-dealkylation sites (tertiary alicyclic amines) is 1. The van der Waals surface area contributed by atoms with Gasteiger partial charge in [0.2, 0.25) is 11.8 Å². The lowest BCUT2D eigenvalue weighted by Gasteiger charge is -2.25. The summed E-state index contributed by atoms with van der Waals surface area (Å²) in [6, 6.07) is -0.746. The van der Waals surface area contributed by atoms with E-state index in [9.17, 15) is 14.4 Å². The number of esters is 1. The fourth-order valence-electron chi connectivity index (χ4n) is 1.67. The molecule has 0 spiro atoms. The van der Waals surface area contributed by atoms with Gasteiger partial charge < -0.3 is 4.74 Å². The number of ether oxygens (including phenoxy) is 1. The van der Waals surface area contributed by atoms with E-state index in [2.05, 4.69) is 0 Å². The number of carbonyl (C=O) groups is 3. The molecule has 0 saturated carbocycles. The van der Waals surface area contributed by atoms with Gasteiger partial charge in [0.1, 0.15) is 11.6 Å². The third-order valence-corrected chi connectivity index (χ3v) is 2.23. The average molecular weight is 227 g/mol. The van der Waals surface area contributed by atoms with Gasteiger partial charge >= 0.3 is 5.97 Å². The molecule has 0 aliphatic carbocycles. The lowest BCUT2D eigenvalue weighted by atomic mass is 10.1. The summed E-state index contributed by atoms with van der Waals surface area (Å²) in [6.45, 7) is 6.53. The van der Waals surface area contributed by atoms with Crippen LogP contribution in [-0.4, -0.2) is 34.3 Å². The molecule has 2 amide bonds. The highest BCUT2D eigenvalue weighted by atomic mass is 16.6. The number of carbonyl (C=O) groups excluding carboxylic acids is 3. The van der Waals surface area contributed by atoms with Crippen molar-refractivity contribution in [2.75, 3.05) is 0 Å². The van der Waals surface area contributed by atoms with E-state index in [4.69, 9.17) is 4.74 Å². The van der Waals surface area contributed by atoms with Crippen molar-refractivity contribution >= 4 is 17.8 Å². The van der Waals surface area contributed by atoms with Crippen LogP contribution in [0.4, 0.5) is 0 Å². The maximum atomic E-state index is 11.8. The zero-order chi connectivity index (χ0) is 12.5. The zero-order valence-electron chi connectivity index (χ0n) is 10.1. The first kappa shape index (κ1) is 12.7. The maximum absolute atomic E-state index is 11.8. The van der Waals surface area contributed by atoms with Crippen molar-refractivity contribution in [3.05, 3.63) is 0 Å². The summed E-state index contributed by atoms with van der Waals surface area (Å²) in [4.78, 5) is 35.4. The van der Waals surface area contributed by atoms with Gasteiger partial charge in [-0.3, -0.25) is 14.5 Å². The topological polar surface area (TPSA) is 63.7 Å². The van der Waals surface area contributed by atoms with Gasteiger partial charge in [-0.15, -0.1) is 0 Å². The number of rotatable bonds is 1. The predicted molar refractivity (Wildman–Crippen MR) is 56.4 cm³/mol. The van der Waals surface area contributed by atoms with Crippen LogP contribution < -0.4 is 0 Å². The van der Waals surface area contributed by atoms with Crippen molar-refractivity contribution in [3.63, 3.8) is 0 Å². The molecule has 0 radical (unpaired) electrons. The zero-order valence-corrected chi connectivity index (χ0v) is 10.1. The highest BCUT2D eigenvalue weighted by Gasteiger charge is 2.40. The molecule has 1 fully saturated rings. The van der Waals surface area contributed by atoms with Crippen LogP contribution in [0, 0.1) is 0 Å². The Morgan fingerprint density at radius 3 is 2.38 bits per heavy atom. The molecule has 0 aromatic carbocycles. The average Bonchev–Trinajstić information content (AvgIpc) is 2.43. The van der Waals surface area contributed by atoms with Crippen LogP contribution in [0.3, 0.4) is 0 Å². The first-order chi connectivity index (χ1) is 7.22. The first-order valence-electron chi connectivity index (χ1n) is 5.28. The summed E-state index contributed by atoms with van der Waals surface area (Å²) in [7, 11) is 0. The van der Waals surface area contributed by atoms with Crippen molar-refractivity contribution in [2.24, 2.45) is 0 Å². The highest BCUT2D eigenvalue weighted by Crippen LogP contribution is 2.22. The normalized spacial score (nSPS) is 21.1. The summed E-state index contributed by atoms with van der Waals surface area (Å²) in [5.41, 5.74) is -0.606. The number of imide groups is 1. The summed E-state index contributed by atoms with van der Waals surface area (Å²) in [5.74, 6) is -1.21. The van der Waals surface area contributed by atoms with Gasteiger partial charge in [-0.05, 0) is 27.2 Å². The van der Waals surface area contributed by atoms with Crippen molar-refractivity contribution in [1.82, 2.24) is 4.90 Å². The van der Waals surface area contributed by atoms with Crippen LogP contribution in [0.5, 0.6) is 0 Å². The van der Waals surface area contributed by atoms with E-state index in [1.54, 1.807) is 20.8 Å². The minimum atomic E-state index is -0.746. The van der Waals surface area contributed by atoms with E-state index in [1.807, 2.05) is 0 Å². The molecule has 1 rings (SSSR count). The summed E-state index contributed by atoms with van der Waals surface area (Å²) < 4.78 is 5.17. The summed E-state index contributed by atoms with van der Waals surface area (Å²) in [5, 5.41) is 0. The second-order valence-corrected chi connectivity index (χ2v) is 4.87. The van der Waals surface area contributed by atoms with Crippen molar-refractivity contribution in [2.45, 2.75) is 52.2 Å². The molecule has 1 aliphatic heterocycles. The molecule has 90 valence electrons. The Hall–Kier alpha value is -1.39. The van der Waals surface area contributed by atoms with Crippen LogP contribution in [0.15, 0.2) is 0 Å². The number of hydrogen-bond acceptors (Lipinski definition) is 4. The molecule has 0 aromatic heterocycles. The molecule has 0 N–H and O–H groups in total. The largest absolute Gasteiger partial charge is 0.458 e. The quantitative estimate of drug-likeness (QED) is 0.623. The molecule has 1 saturated heterocycles. The predicted octanol–water partition coefficient (Wildman–Crippen LogP) is 0.866. The minimum Gasteiger partial charge on any atom is -0.458 e. The second kappa shape index (κ2) is 4.23. The molecule has 0 aromatic rings. The molecule has 0 bridgehead atoms. The third-order valence-electron chi connectivity index (χ3n) is 2.23. The molecule has 5 heteroatoms. The number of hydrogen-bond donors (Lipinski definition) is 0. The lowest BCUT2D eigenvalue weighted by Crippen LogP contribution is -2.44. The molecule has 1 aliphatic rings. The van der Waals surface area contributed by atoms with Gasteiger partial charge in [-0.2, -0.15) is 0 Å². The lowest BCUT2D eigenvalue weighted by molar-refractivity contribution is -0.165. The Kier molecular flexibility index (Phi) is 3.35. The molecular formula is C11H17NO4. The van der Waals surface area contributed by atoms with E-state index in [0.717, 1.165) is 4.90 Å². The van der Waals surface area contributed by atoms with Crippen LogP contribution in [-0.2, 0) is 19.1 Å². The van der Waals surface area contributed by atoms with E-state index in [-0.39, 0.29) is 12.3 Å². The van der Waals surface area contributed by atoms with E-state index in [1.165, 1.54) is 6.92 Å². The smallest absolute Gasteiger partial charge is 0.329 e. The Labute approximate surface area is 94.7 Å². The molecule has 1 atom stereocenters. The Morgan fingerprint density at radius 1 is 1.38 bits per heavy atom. The minimum absolute atomic E-state index is 0.226. The van der Waals surface area contributed by atoms with E-state index >= 15 is 0 Å². The fourth-order valence-corrected chi connectivity index (χ4v) is 1.67.